The summed E-state index contributed by atoms with van der Waals surface area (Å²) >= 11 is 0. The van der Waals surface area contributed by atoms with Crippen molar-refractivity contribution in [3.8, 4) is 0 Å². The van der Waals surface area contributed by atoms with E-state index in [1.165, 1.54) is 0 Å². The summed E-state index contributed by atoms with van der Waals surface area (Å²) in [6, 6.07) is 6.83. The maximum absolute atomic E-state index is 12.4. The van der Waals surface area contributed by atoms with Crippen LogP contribution in [0.5, 0.6) is 0 Å². The van der Waals surface area contributed by atoms with Crippen molar-refractivity contribution in [1.82, 2.24) is 10.6 Å². The summed E-state index contributed by atoms with van der Waals surface area (Å²) in [7, 11) is 0. The average Bonchev–Trinajstić information content (AvgIpc) is 2.46. The van der Waals surface area contributed by atoms with E-state index >= 15 is 0 Å². The zero-order chi connectivity index (χ0) is 16.5. The first-order chi connectivity index (χ1) is 10.5. The van der Waals surface area contributed by atoms with Gasteiger partial charge in [-0.25, -0.2) is 0 Å². The first-order valence-electron chi connectivity index (χ1n) is 7.80. The Morgan fingerprint density at radius 3 is 2.50 bits per heavy atom. The third-order valence-electron chi connectivity index (χ3n) is 3.40. The first kappa shape index (κ1) is 18.2. The van der Waals surface area contributed by atoms with Crippen molar-refractivity contribution >= 4 is 11.8 Å². The van der Waals surface area contributed by atoms with Gasteiger partial charge in [-0.3, -0.25) is 9.59 Å². The van der Waals surface area contributed by atoms with E-state index in [9.17, 15) is 9.59 Å². The number of benzene rings is 1. The summed E-state index contributed by atoms with van der Waals surface area (Å²) in [6.07, 6.45) is 1.33. The Hall–Kier alpha value is -1.88. The molecule has 5 heteroatoms. The molecule has 0 saturated heterocycles. The average molecular weight is 305 g/mol. The molecule has 0 radical (unpaired) electrons. The molecule has 4 N–H and O–H groups in total. The molecule has 0 heterocycles. The maximum atomic E-state index is 12.4. The number of carbonyl (C=O) groups excluding carboxylic acids is 2. The molecule has 0 aliphatic rings. The van der Waals surface area contributed by atoms with Gasteiger partial charge in [0.25, 0.3) is 5.91 Å². The minimum absolute atomic E-state index is 0.149. The molecule has 1 aromatic carbocycles. The standard InChI is InChI=1S/C17H27N3O2/c1-12(2)11-15(17(22)19-10-6-9-18)20-16(21)14-8-5-4-7-13(14)3/h4-5,7-8,12,15H,6,9-11,18H2,1-3H3,(H,19,22)(H,20,21). The number of hydrogen-bond acceptors (Lipinski definition) is 3. The highest BCUT2D eigenvalue weighted by Crippen LogP contribution is 2.10. The van der Waals surface area contributed by atoms with Crippen molar-refractivity contribution in [2.45, 2.75) is 39.7 Å². The van der Waals surface area contributed by atoms with Crippen LogP contribution in [0, 0.1) is 12.8 Å². The number of aryl methyl sites for hydroxylation is 1. The zero-order valence-corrected chi connectivity index (χ0v) is 13.7. The monoisotopic (exact) mass is 305 g/mol. The second-order valence-corrected chi connectivity index (χ2v) is 5.90. The van der Waals surface area contributed by atoms with E-state index < -0.39 is 6.04 Å². The molecule has 0 aliphatic heterocycles. The summed E-state index contributed by atoms with van der Waals surface area (Å²) in [6.45, 7) is 7.00. The summed E-state index contributed by atoms with van der Waals surface area (Å²) in [4.78, 5) is 24.6. The second-order valence-electron chi connectivity index (χ2n) is 5.90. The Labute approximate surface area is 132 Å². The molecule has 0 aliphatic carbocycles. The molecule has 0 saturated carbocycles. The number of nitrogens with one attached hydrogen (secondary N) is 2. The normalized spacial score (nSPS) is 12.0. The second kappa shape index (κ2) is 9.20. The topological polar surface area (TPSA) is 84.2 Å². The minimum atomic E-state index is -0.523. The van der Waals surface area contributed by atoms with E-state index in [-0.39, 0.29) is 11.8 Å². The third kappa shape index (κ3) is 5.85. The third-order valence-corrected chi connectivity index (χ3v) is 3.40. The van der Waals surface area contributed by atoms with E-state index in [0.717, 1.165) is 12.0 Å². The predicted octanol–water partition coefficient (Wildman–Crippen LogP) is 1.60. The molecule has 1 unspecified atom stereocenters. The molecule has 0 bridgehead atoms. The summed E-state index contributed by atoms with van der Waals surface area (Å²) < 4.78 is 0. The lowest BCUT2D eigenvalue weighted by atomic mass is 10.0. The minimum Gasteiger partial charge on any atom is -0.354 e. The van der Waals surface area contributed by atoms with Crippen molar-refractivity contribution in [2.75, 3.05) is 13.1 Å². The van der Waals surface area contributed by atoms with Crippen molar-refractivity contribution in [3.63, 3.8) is 0 Å². The van der Waals surface area contributed by atoms with Gasteiger partial charge in [0.1, 0.15) is 6.04 Å². The highest BCUT2D eigenvalue weighted by atomic mass is 16.2. The van der Waals surface area contributed by atoms with Crippen LogP contribution in [0.4, 0.5) is 0 Å². The number of hydrogen-bond donors (Lipinski definition) is 3. The number of amides is 2. The van der Waals surface area contributed by atoms with Gasteiger partial charge in [0.05, 0.1) is 0 Å². The van der Waals surface area contributed by atoms with Crippen LogP contribution in [0.15, 0.2) is 24.3 Å². The van der Waals surface area contributed by atoms with Crippen LogP contribution in [-0.4, -0.2) is 30.9 Å². The summed E-state index contributed by atoms with van der Waals surface area (Å²) in [5, 5.41) is 5.68. The molecule has 0 aromatic heterocycles. The number of carbonyl (C=O) groups is 2. The lowest BCUT2D eigenvalue weighted by Gasteiger charge is -2.20. The molecule has 0 spiro atoms. The van der Waals surface area contributed by atoms with Crippen LogP contribution in [0.1, 0.15) is 42.6 Å². The van der Waals surface area contributed by atoms with Gasteiger partial charge < -0.3 is 16.4 Å². The SMILES string of the molecule is Cc1ccccc1C(=O)NC(CC(C)C)C(=O)NCCCN. The van der Waals surface area contributed by atoms with Crippen molar-refractivity contribution in [2.24, 2.45) is 11.7 Å². The molecule has 0 fully saturated rings. The van der Waals surface area contributed by atoms with E-state index in [0.29, 0.717) is 31.0 Å². The predicted molar refractivity (Wildman–Crippen MR) is 88.6 cm³/mol. The molecule has 5 nitrogen and oxygen atoms in total. The van der Waals surface area contributed by atoms with Gasteiger partial charge in [0.15, 0.2) is 0 Å². The summed E-state index contributed by atoms with van der Waals surface area (Å²) in [5.41, 5.74) is 6.92. The Kier molecular flexibility index (Phi) is 7.60. The van der Waals surface area contributed by atoms with Gasteiger partial charge in [0, 0.05) is 12.1 Å². The Morgan fingerprint density at radius 1 is 1.23 bits per heavy atom. The fourth-order valence-electron chi connectivity index (χ4n) is 2.20. The van der Waals surface area contributed by atoms with Gasteiger partial charge in [-0.1, -0.05) is 32.0 Å². The smallest absolute Gasteiger partial charge is 0.252 e. The molecule has 1 rings (SSSR count). The fourth-order valence-corrected chi connectivity index (χ4v) is 2.20. The largest absolute Gasteiger partial charge is 0.354 e. The Morgan fingerprint density at radius 2 is 1.91 bits per heavy atom. The molecular weight excluding hydrogens is 278 g/mol. The quantitative estimate of drug-likeness (QED) is 0.638. The van der Waals surface area contributed by atoms with Crippen LogP contribution in [0.3, 0.4) is 0 Å². The van der Waals surface area contributed by atoms with E-state index in [1.54, 1.807) is 6.07 Å². The Bertz CT molecular complexity index is 500. The van der Waals surface area contributed by atoms with Gasteiger partial charge in [-0.05, 0) is 43.9 Å². The van der Waals surface area contributed by atoms with Crippen LogP contribution >= 0.6 is 0 Å². The molecule has 1 atom stereocenters. The van der Waals surface area contributed by atoms with Crippen LogP contribution in [0.2, 0.25) is 0 Å². The van der Waals surface area contributed by atoms with Gasteiger partial charge in [-0.15, -0.1) is 0 Å². The Balaban J connectivity index is 2.74. The van der Waals surface area contributed by atoms with E-state index in [1.807, 2.05) is 39.0 Å². The first-order valence-corrected chi connectivity index (χ1v) is 7.80. The molecule has 1 aromatic rings. The van der Waals surface area contributed by atoms with E-state index in [4.69, 9.17) is 5.73 Å². The van der Waals surface area contributed by atoms with Crippen LogP contribution in [0.25, 0.3) is 0 Å². The zero-order valence-electron chi connectivity index (χ0n) is 13.7. The number of rotatable bonds is 8. The fraction of sp³-hybridized carbons (Fsp3) is 0.529. The van der Waals surface area contributed by atoms with Crippen molar-refractivity contribution < 1.29 is 9.59 Å². The molecular formula is C17H27N3O2. The van der Waals surface area contributed by atoms with Crippen molar-refractivity contribution in [1.29, 1.82) is 0 Å². The molecule has 2 amide bonds. The summed E-state index contributed by atoms with van der Waals surface area (Å²) in [5.74, 6) is -0.0516. The highest BCUT2D eigenvalue weighted by molar-refractivity contribution is 5.98. The van der Waals surface area contributed by atoms with Crippen molar-refractivity contribution in [3.05, 3.63) is 35.4 Å². The van der Waals surface area contributed by atoms with E-state index in [2.05, 4.69) is 10.6 Å². The van der Waals surface area contributed by atoms with Crippen LogP contribution < -0.4 is 16.4 Å². The maximum Gasteiger partial charge on any atom is 0.252 e. The van der Waals surface area contributed by atoms with Crippen LogP contribution in [-0.2, 0) is 4.79 Å². The lowest BCUT2D eigenvalue weighted by molar-refractivity contribution is -0.123. The van der Waals surface area contributed by atoms with Gasteiger partial charge in [0.2, 0.25) is 5.91 Å². The molecule has 22 heavy (non-hydrogen) atoms. The highest BCUT2D eigenvalue weighted by Gasteiger charge is 2.22. The molecule has 122 valence electrons. The van der Waals surface area contributed by atoms with Gasteiger partial charge >= 0.3 is 0 Å². The lowest BCUT2D eigenvalue weighted by Crippen LogP contribution is -2.47. The van der Waals surface area contributed by atoms with Gasteiger partial charge in [-0.2, -0.15) is 0 Å². The number of nitrogens with two attached hydrogens (primary N) is 1.